The third-order valence-corrected chi connectivity index (χ3v) is 7.46. The zero-order chi connectivity index (χ0) is 22.2. The lowest BCUT2D eigenvalue weighted by Gasteiger charge is -2.23. The molecule has 2 amide bonds. The van der Waals surface area contributed by atoms with Crippen molar-refractivity contribution >= 4 is 27.8 Å². The largest absolute Gasteiger partial charge is 0.463 e. The van der Waals surface area contributed by atoms with Crippen LogP contribution in [0.3, 0.4) is 0 Å². The Kier molecular flexibility index (Phi) is 5.63. The molecule has 0 saturated carbocycles. The zero-order valence-electron chi connectivity index (χ0n) is 17.0. The molecule has 1 saturated heterocycles. The van der Waals surface area contributed by atoms with Crippen molar-refractivity contribution in [2.24, 2.45) is 0 Å². The number of rotatable bonds is 6. The van der Waals surface area contributed by atoms with Crippen molar-refractivity contribution in [2.75, 3.05) is 19.7 Å². The van der Waals surface area contributed by atoms with Crippen LogP contribution in [0.2, 0.25) is 0 Å². The van der Waals surface area contributed by atoms with E-state index in [2.05, 4.69) is 0 Å². The first-order chi connectivity index (χ1) is 14.8. The summed E-state index contributed by atoms with van der Waals surface area (Å²) in [5.41, 5.74) is 1.58. The number of amides is 2. The van der Waals surface area contributed by atoms with Crippen molar-refractivity contribution in [3.63, 3.8) is 0 Å². The van der Waals surface area contributed by atoms with E-state index in [9.17, 15) is 22.8 Å². The topological polar surface area (TPSA) is 101 Å². The summed E-state index contributed by atoms with van der Waals surface area (Å²) in [6.07, 6.45) is 0.903. The molecule has 4 rings (SSSR count). The van der Waals surface area contributed by atoms with Crippen molar-refractivity contribution in [1.82, 2.24) is 9.21 Å². The van der Waals surface area contributed by atoms with E-state index in [1.807, 2.05) is 6.92 Å². The van der Waals surface area contributed by atoms with Gasteiger partial charge in [-0.3, -0.25) is 19.3 Å². The van der Waals surface area contributed by atoms with Crippen LogP contribution >= 0.6 is 0 Å². The Bertz CT molecular complexity index is 1110. The molecule has 8 nitrogen and oxygen atoms in total. The molecule has 9 heteroatoms. The monoisotopic (exact) mass is 442 g/mol. The van der Waals surface area contributed by atoms with Crippen molar-refractivity contribution in [2.45, 2.75) is 30.7 Å². The Balaban J connectivity index is 1.39. The number of fused-ring (bicyclic) bond motifs is 1. The van der Waals surface area contributed by atoms with Crippen molar-refractivity contribution in [3.8, 4) is 0 Å². The van der Waals surface area contributed by atoms with Crippen LogP contribution in [0.4, 0.5) is 0 Å². The van der Waals surface area contributed by atoms with E-state index in [-0.39, 0.29) is 24.6 Å². The molecule has 31 heavy (non-hydrogen) atoms. The molecule has 0 radical (unpaired) electrons. The van der Waals surface area contributed by atoms with Crippen molar-refractivity contribution in [3.05, 3.63) is 65.2 Å². The number of nitrogens with zero attached hydrogens (tertiary/aromatic N) is 2. The number of hydrogen-bond donors (Lipinski definition) is 0. The summed E-state index contributed by atoms with van der Waals surface area (Å²) in [5.74, 6) is -1.54. The van der Waals surface area contributed by atoms with Gasteiger partial charge >= 0.3 is 5.97 Å². The summed E-state index contributed by atoms with van der Waals surface area (Å²) in [6.45, 7) is 1.81. The lowest BCUT2D eigenvalue weighted by molar-refractivity contribution is -0.147. The van der Waals surface area contributed by atoms with Gasteiger partial charge in [0.2, 0.25) is 10.0 Å². The van der Waals surface area contributed by atoms with Crippen LogP contribution in [0.25, 0.3) is 0 Å². The molecule has 2 aliphatic heterocycles. The van der Waals surface area contributed by atoms with Gasteiger partial charge in [-0.1, -0.05) is 29.8 Å². The number of carbonyl (C=O) groups is 3. The predicted molar refractivity (Wildman–Crippen MR) is 111 cm³/mol. The maximum atomic E-state index is 13.0. The lowest BCUT2D eigenvalue weighted by Crippen LogP contribution is -2.42. The van der Waals surface area contributed by atoms with Gasteiger partial charge in [-0.05, 0) is 44.0 Å². The summed E-state index contributed by atoms with van der Waals surface area (Å²) in [7, 11) is -3.83. The molecular formula is C22H22N2O6S. The number of aryl methyl sites for hydroxylation is 1. The minimum absolute atomic E-state index is 0.0878. The number of carbonyl (C=O) groups excluding carboxylic acids is 3. The zero-order valence-corrected chi connectivity index (χ0v) is 17.8. The first kappa shape index (κ1) is 21.2. The molecule has 0 aliphatic carbocycles. The molecule has 2 aliphatic rings. The fraction of sp³-hybridized carbons (Fsp3) is 0.318. The fourth-order valence-electron chi connectivity index (χ4n) is 3.88. The number of ether oxygens (including phenoxy) is 1. The Hall–Kier alpha value is -3.04. The van der Waals surface area contributed by atoms with Gasteiger partial charge in [0.15, 0.2) is 0 Å². The van der Waals surface area contributed by atoms with Crippen LogP contribution in [0.1, 0.15) is 39.1 Å². The van der Waals surface area contributed by atoms with Gasteiger partial charge < -0.3 is 4.74 Å². The van der Waals surface area contributed by atoms with E-state index in [4.69, 9.17) is 4.74 Å². The Labute approximate surface area is 180 Å². The van der Waals surface area contributed by atoms with Gasteiger partial charge in [-0.15, -0.1) is 0 Å². The Morgan fingerprint density at radius 1 is 1.03 bits per heavy atom. The van der Waals surface area contributed by atoms with Crippen LogP contribution < -0.4 is 0 Å². The first-order valence-corrected chi connectivity index (χ1v) is 11.4. The smallest absolute Gasteiger partial charge is 0.324 e. The summed E-state index contributed by atoms with van der Waals surface area (Å²) in [6, 6.07) is 12.0. The molecule has 0 unspecified atom stereocenters. The van der Waals surface area contributed by atoms with Crippen molar-refractivity contribution < 1.29 is 27.5 Å². The molecule has 0 spiro atoms. The van der Waals surface area contributed by atoms with Crippen LogP contribution in [-0.4, -0.2) is 61.1 Å². The standard InChI is InChI=1S/C22H22N2O6S/c1-15-8-10-16(11-9-15)31(28,29)24-12-4-7-19(24)22(27)30-14-13-23-20(25)17-5-2-3-6-18(17)21(23)26/h2-3,5-6,8-11,19H,4,7,12-14H2,1H3/t19-/m0/s1. The maximum absolute atomic E-state index is 13.0. The molecule has 2 aromatic carbocycles. The van der Waals surface area contributed by atoms with Gasteiger partial charge in [-0.25, -0.2) is 8.42 Å². The van der Waals surface area contributed by atoms with E-state index in [1.165, 1.54) is 16.4 Å². The average molecular weight is 442 g/mol. The quantitative estimate of drug-likeness (QED) is 0.501. The molecular weight excluding hydrogens is 420 g/mol. The van der Waals surface area contributed by atoms with Crippen molar-refractivity contribution in [1.29, 1.82) is 0 Å². The Morgan fingerprint density at radius 3 is 2.26 bits per heavy atom. The van der Waals surface area contributed by atoms with Gasteiger partial charge in [0.25, 0.3) is 11.8 Å². The van der Waals surface area contributed by atoms with Gasteiger partial charge in [0.05, 0.1) is 22.6 Å². The average Bonchev–Trinajstić information content (AvgIpc) is 3.35. The fourth-order valence-corrected chi connectivity index (χ4v) is 5.53. The van der Waals surface area contributed by atoms with E-state index in [1.54, 1.807) is 36.4 Å². The molecule has 2 heterocycles. The SMILES string of the molecule is Cc1ccc(S(=O)(=O)N2CCC[C@H]2C(=O)OCCN2C(=O)c3ccccc3C2=O)cc1. The summed E-state index contributed by atoms with van der Waals surface area (Å²) >= 11 is 0. The third kappa shape index (κ3) is 3.86. The minimum Gasteiger partial charge on any atom is -0.463 e. The second-order valence-corrected chi connectivity index (χ2v) is 9.45. The number of imide groups is 1. The van der Waals surface area contributed by atoms with Crippen LogP contribution in [0.15, 0.2) is 53.4 Å². The van der Waals surface area contributed by atoms with E-state index in [0.717, 1.165) is 10.5 Å². The van der Waals surface area contributed by atoms with Gasteiger partial charge in [0.1, 0.15) is 12.6 Å². The molecule has 0 aromatic heterocycles. The molecule has 1 atom stereocenters. The first-order valence-electron chi connectivity index (χ1n) is 10.0. The van der Waals surface area contributed by atoms with E-state index < -0.39 is 33.8 Å². The Morgan fingerprint density at radius 2 is 1.65 bits per heavy atom. The third-order valence-electron chi connectivity index (χ3n) is 5.54. The van der Waals surface area contributed by atoms with Crippen LogP contribution in [0.5, 0.6) is 0 Å². The molecule has 162 valence electrons. The second kappa shape index (κ2) is 8.24. The highest BCUT2D eigenvalue weighted by molar-refractivity contribution is 7.89. The predicted octanol–water partition coefficient (Wildman–Crippen LogP) is 1.99. The number of benzene rings is 2. The van der Waals surface area contributed by atoms with Gasteiger partial charge in [0, 0.05) is 6.54 Å². The number of esters is 1. The summed E-state index contributed by atoms with van der Waals surface area (Å²) in [5, 5.41) is 0. The lowest BCUT2D eigenvalue weighted by atomic mass is 10.1. The van der Waals surface area contributed by atoms with Crippen LogP contribution in [0, 0.1) is 6.92 Å². The highest BCUT2D eigenvalue weighted by atomic mass is 32.2. The van der Waals surface area contributed by atoms with E-state index in [0.29, 0.717) is 24.0 Å². The summed E-state index contributed by atoms with van der Waals surface area (Å²) < 4.78 is 32.4. The molecule has 2 aromatic rings. The molecule has 0 N–H and O–H groups in total. The minimum atomic E-state index is -3.83. The van der Waals surface area contributed by atoms with E-state index >= 15 is 0 Å². The highest BCUT2D eigenvalue weighted by Crippen LogP contribution is 2.27. The van der Waals surface area contributed by atoms with Gasteiger partial charge in [-0.2, -0.15) is 4.31 Å². The molecule has 1 fully saturated rings. The second-order valence-electron chi connectivity index (χ2n) is 7.56. The maximum Gasteiger partial charge on any atom is 0.324 e. The number of hydrogen-bond acceptors (Lipinski definition) is 6. The highest BCUT2D eigenvalue weighted by Gasteiger charge is 2.41. The van der Waals surface area contributed by atoms with Crippen LogP contribution in [-0.2, 0) is 19.6 Å². The normalized spacial score (nSPS) is 19.0. The number of sulfonamides is 1. The molecule has 0 bridgehead atoms. The summed E-state index contributed by atoms with van der Waals surface area (Å²) in [4.78, 5) is 38.6.